The standard InChI is InChI=1S/C23H29N3O5S/c1-32(28,29)26-10-9-22(31-21-8-3-2-7-20(21)26)23(27)24-16-18-5-4-6-19(15-18)17-25-11-13-30-14-12-25/h2-8,15,22H,9-14,16-17H2,1H3,(H,24,27). The average molecular weight is 460 g/mol. The number of nitrogens with one attached hydrogen (secondary N) is 1. The van der Waals surface area contributed by atoms with Crippen LogP contribution in [0.25, 0.3) is 0 Å². The molecule has 0 aromatic heterocycles. The molecule has 2 aliphatic rings. The van der Waals surface area contributed by atoms with E-state index in [9.17, 15) is 13.2 Å². The van der Waals surface area contributed by atoms with Crippen LogP contribution in [0.4, 0.5) is 5.69 Å². The number of carbonyl (C=O) groups excluding carboxylic acids is 1. The maximum atomic E-state index is 12.9. The summed E-state index contributed by atoms with van der Waals surface area (Å²) in [5.41, 5.74) is 2.67. The van der Waals surface area contributed by atoms with Crippen molar-refractivity contribution in [3.8, 4) is 5.75 Å². The average Bonchev–Trinajstić information content (AvgIpc) is 2.98. The second-order valence-corrected chi connectivity index (χ2v) is 10.0. The van der Waals surface area contributed by atoms with Crippen molar-refractivity contribution in [2.45, 2.75) is 25.6 Å². The number of morpholine rings is 1. The van der Waals surface area contributed by atoms with Gasteiger partial charge in [-0.25, -0.2) is 8.42 Å². The van der Waals surface area contributed by atoms with Gasteiger partial charge in [0.2, 0.25) is 10.0 Å². The van der Waals surface area contributed by atoms with Gasteiger partial charge in [-0.15, -0.1) is 0 Å². The van der Waals surface area contributed by atoms with E-state index >= 15 is 0 Å². The topological polar surface area (TPSA) is 88.2 Å². The Morgan fingerprint density at radius 3 is 2.59 bits per heavy atom. The molecule has 172 valence electrons. The van der Waals surface area contributed by atoms with Gasteiger partial charge in [0.25, 0.3) is 5.91 Å². The summed E-state index contributed by atoms with van der Waals surface area (Å²) in [4.78, 5) is 15.2. The van der Waals surface area contributed by atoms with E-state index in [0.29, 0.717) is 18.0 Å². The number of benzene rings is 2. The third kappa shape index (κ3) is 5.59. The first-order valence-electron chi connectivity index (χ1n) is 10.8. The lowest BCUT2D eigenvalue weighted by Gasteiger charge is -2.26. The van der Waals surface area contributed by atoms with Gasteiger partial charge in [-0.3, -0.25) is 14.0 Å². The van der Waals surface area contributed by atoms with Gasteiger partial charge in [0.1, 0.15) is 5.75 Å². The Morgan fingerprint density at radius 1 is 1.06 bits per heavy atom. The Morgan fingerprint density at radius 2 is 1.81 bits per heavy atom. The van der Waals surface area contributed by atoms with E-state index in [4.69, 9.17) is 9.47 Å². The van der Waals surface area contributed by atoms with E-state index in [0.717, 1.165) is 44.7 Å². The molecule has 2 aromatic carbocycles. The van der Waals surface area contributed by atoms with Gasteiger partial charge in [0, 0.05) is 39.1 Å². The van der Waals surface area contributed by atoms with Crippen molar-refractivity contribution in [2.24, 2.45) is 0 Å². The van der Waals surface area contributed by atoms with Gasteiger partial charge >= 0.3 is 0 Å². The molecule has 8 nitrogen and oxygen atoms in total. The number of sulfonamides is 1. The van der Waals surface area contributed by atoms with Crippen LogP contribution in [0, 0.1) is 0 Å². The molecule has 2 heterocycles. The van der Waals surface area contributed by atoms with E-state index in [1.165, 1.54) is 9.87 Å². The zero-order valence-electron chi connectivity index (χ0n) is 18.2. The molecule has 1 amide bonds. The number of hydrogen-bond acceptors (Lipinski definition) is 6. The molecule has 1 unspecified atom stereocenters. The maximum absolute atomic E-state index is 12.9. The Labute approximate surface area is 189 Å². The number of fused-ring (bicyclic) bond motifs is 1. The molecular formula is C23H29N3O5S. The molecule has 1 fully saturated rings. The van der Waals surface area contributed by atoms with Gasteiger partial charge in [-0.1, -0.05) is 36.4 Å². The molecular weight excluding hydrogens is 430 g/mol. The smallest absolute Gasteiger partial charge is 0.261 e. The third-order valence-corrected chi connectivity index (χ3v) is 6.84. The molecule has 0 aliphatic carbocycles. The summed E-state index contributed by atoms with van der Waals surface area (Å²) in [7, 11) is -3.47. The Hall–Kier alpha value is -2.62. The first kappa shape index (κ1) is 22.6. The van der Waals surface area contributed by atoms with Crippen molar-refractivity contribution in [3.05, 3.63) is 59.7 Å². The van der Waals surface area contributed by atoms with Crippen molar-refractivity contribution in [1.29, 1.82) is 0 Å². The molecule has 2 aliphatic heterocycles. The zero-order chi connectivity index (χ0) is 22.6. The van der Waals surface area contributed by atoms with Crippen molar-refractivity contribution in [3.63, 3.8) is 0 Å². The van der Waals surface area contributed by atoms with Crippen LogP contribution in [-0.2, 0) is 32.6 Å². The van der Waals surface area contributed by atoms with Gasteiger partial charge in [0.15, 0.2) is 6.10 Å². The van der Waals surface area contributed by atoms with Crippen molar-refractivity contribution in [2.75, 3.05) is 43.4 Å². The van der Waals surface area contributed by atoms with Crippen molar-refractivity contribution < 1.29 is 22.7 Å². The van der Waals surface area contributed by atoms with Crippen LogP contribution in [0.3, 0.4) is 0 Å². The fraction of sp³-hybridized carbons (Fsp3) is 0.435. The highest BCUT2D eigenvalue weighted by Crippen LogP contribution is 2.33. The van der Waals surface area contributed by atoms with E-state index in [1.54, 1.807) is 24.3 Å². The summed E-state index contributed by atoms with van der Waals surface area (Å²) in [6.07, 6.45) is 0.665. The van der Waals surface area contributed by atoms with Crippen LogP contribution >= 0.6 is 0 Å². The number of anilines is 1. The van der Waals surface area contributed by atoms with Gasteiger partial charge < -0.3 is 14.8 Å². The molecule has 2 aromatic rings. The fourth-order valence-corrected chi connectivity index (χ4v) is 4.96. The minimum absolute atomic E-state index is 0.183. The van der Waals surface area contributed by atoms with Gasteiger partial charge in [0.05, 0.1) is 25.2 Å². The molecule has 1 N–H and O–H groups in total. The normalized spacial score (nSPS) is 19.5. The number of amides is 1. The van der Waals surface area contributed by atoms with E-state index in [-0.39, 0.29) is 18.9 Å². The summed E-state index contributed by atoms with van der Waals surface area (Å²) >= 11 is 0. The second-order valence-electron chi connectivity index (χ2n) is 8.12. The first-order chi connectivity index (χ1) is 15.4. The molecule has 0 radical (unpaired) electrons. The minimum Gasteiger partial charge on any atom is -0.478 e. The van der Waals surface area contributed by atoms with Crippen LogP contribution in [0.15, 0.2) is 48.5 Å². The summed E-state index contributed by atoms with van der Waals surface area (Å²) in [5.74, 6) is 0.136. The first-order valence-corrected chi connectivity index (χ1v) is 12.6. The SMILES string of the molecule is CS(=O)(=O)N1CCC(C(=O)NCc2cccc(CN3CCOCC3)c2)Oc2ccccc21. The summed E-state index contributed by atoms with van der Waals surface area (Å²) in [6, 6.07) is 15.1. The van der Waals surface area contributed by atoms with Crippen LogP contribution in [0.5, 0.6) is 5.75 Å². The number of rotatable bonds is 6. The van der Waals surface area contributed by atoms with Crippen LogP contribution < -0.4 is 14.4 Å². The summed E-state index contributed by atoms with van der Waals surface area (Å²) < 4.78 is 37.1. The number of hydrogen-bond donors (Lipinski definition) is 1. The number of para-hydroxylation sites is 2. The molecule has 0 spiro atoms. The van der Waals surface area contributed by atoms with E-state index in [2.05, 4.69) is 22.3 Å². The Kier molecular flexibility index (Phi) is 6.98. The summed E-state index contributed by atoms with van der Waals surface area (Å²) in [5, 5.41) is 2.95. The largest absolute Gasteiger partial charge is 0.478 e. The third-order valence-electron chi connectivity index (χ3n) is 5.66. The lowest BCUT2D eigenvalue weighted by Crippen LogP contribution is -2.39. The number of nitrogens with zero attached hydrogens (tertiary/aromatic N) is 2. The number of carbonyl (C=O) groups is 1. The lowest BCUT2D eigenvalue weighted by molar-refractivity contribution is -0.128. The Balaban J connectivity index is 1.39. The minimum atomic E-state index is -3.47. The molecule has 1 atom stereocenters. The van der Waals surface area contributed by atoms with Crippen molar-refractivity contribution in [1.82, 2.24) is 10.2 Å². The van der Waals surface area contributed by atoms with E-state index < -0.39 is 16.1 Å². The quantitative estimate of drug-likeness (QED) is 0.708. The predicted octanol–water partition coefficient (Wildman–Crippen LogP) is 1.75. The lowest BCUT2D eigenvalue weighted by atomic mass is 10.1. The van der Waals surface area contributed by atoms with Gasteiger partial charge in [-0.2, -0.15) is 0 Å². The van der Waals surface area contributed by atoms with Crippen LogP contribution in [0.1, 0.15) is 17.5 Å². The zero-order valence-corrected chi connectivity index (χ0v) is 19.0. The summed E-state index contributed by atoms with van der Waals surface area (Å²) in [6.45, 7) is 4.79. The molecule has 0 saturated carbocycles. The molecule has 4 rings (SSSR count). The maximum Gasteiger partial charge on any atom is 0.261 e. The molecule has 9 heteroatoms. The molecule has 1 saturated heterocycles. The highest BCUT2D eigenvalue weighted by Gasteiger charge is 2.30. The fourth-order valence-electron chi connectivity index (χ4n) is 4.02. The van der Waals surface area contributed by atoms with E-state index in [1.807, 2.05) is 12.1 Å². The molecule has 32 heavy (non-hydrogen) atoms. The Bertz CT molecular complexity index is 1050. The monoisotopic (exact) mass is 459 g/mol. The highest BCUT2D eigenvalue weighted by atomic mass is 32.2. The van der Waals surface area contributed by atoms with Gasteiger partial charge in [-0.05, 0) is 23.3 Å². The number of ether oxygens (including phenoxy) is 2. The van der Waals surface area contributed by atoms with Crippen LogP contribution in [-0.4, -0.2) is 64.4 Å². The van der Waals surface area contributed by atoms with Crippen LogP contribution in [0.2, 0.25) is 0 Å². The second kappa shape index (κ2) is 9.89. The predicted molar refractivity (Wildman–Crippen MR) is 122 cm³/mol. The van der Waals surface area contributed by atoms with Crippen molar-refractivity contribution >= 4 is 21.6 Å². The molecule has 0 bridgehead atoms. The highest BCUT2D eigenvalue weighted by molar-refractivity contribution is 7.92.